The highest BCUT2D eigenvalue weighted by Crippen LogP contribution is 2.43. The number of aliphatic carboxylic acids is 1. The van der Waals surface area contributed by atoms with E-state index in [0.29, 0.717) is 40.5 Å². The van der Waals surface area contributed by atoms with Gasteiger partial charge >= 0.3 is 12.1 Å². The summed E-state index contributed by atoms with van der Waals surface area (Å²) in [5, 5.41) is 9.32. The van der Waals surface area contributed by atoms with E-state index in [1.165, 1.54) is 0 Å². The molecule has 3 aromatic rings. The minimum Gasteiger partial charge on any atom is -0.488 e. The maximum Gasteiger partial charge on any atom is 0.426 e. The molecule has 0 radical (unpaired) electrons. The van der Waals surface area contributed by atoms with E-state index in [1.54, 1.807) is 36.4 Å². The van der Waals surface area contributed by atoms with Crippen LogP contribution in [0.3, 0.4) is 0 Å². The lowest BCUT2D eigenvalue weighted by Crippen LogP contribution is -2.37. The Kier molecular flexibility index (Phi) is 7.82. The lowest BCUT2D eigenvalue weighted by molar-refractivity contribution is -0.143. The monoisotopic (exact) mass is 503 g/mol. The molecule has 1 aromatic heterocycles. The van der Waals surface area contributed by atoms with Crippen molar-refractivity contribution in [3.05, 3.63) is 76.0 Å². The van der Waals surface area contributed by atoms with Crippen LogP contribution in [0.2, 0.25) is 0 Å². The van der Waals surface area contributed by atoms with Gasteiger partial charge in [0.2, 0.25) is 0 Å². The number of thiophene rings is 1. The second-order valence-corrected chi connectivity index (χ2v) is 10.2. The number of hydrogen-bond acceptors (Lipinski definition) is 4. The Labute approximate surface area is 207 Å². The molecule has 8 heteroatoms. The highest BCUT2D eigenvalue weighted by atomic mass is 32.1. The first-order chi connectivity index (χ1) is 16.7. The van der Waals surface area contributed by atoms with Crippen LogP contribution >= 0.6 is 11.3 Å². The summed E-state index contributed by atoms with van der Waals surface area (Å²) in [4.78, 5) is 13.4. The molecule has 1 aliphatic carbocycles. The van der Waals surface area contributed by atoms with Crippen molar-refractivity contribution in [2.24, 2.45) is 5.92 Å². The molecule has 0 aliphatic heterocycles. The van der Waals surface area contributed by atoms with E-state index in [2.05, 4.69) is 4.90 Å². The molecule has 0 bridgehead atoms. The van der Waals surface area contributed by atoms with Crippen LogP contribution in [0.1, 0.15) is 41.0 Å². The van der Waals surface area contributed by atoms with Crippen LogP contribution in [0.15, 0.2) is 60.7 Å². The maximum absolute atomic E-state index is 13.6. The van der Waals surface area contributed by atoms with E-state index in [0.717, 1.165) is 24.8 Å². The zero-order valence-corrected chi connectivity index (χ0v) is 20.2. The third-order valence-corrected chi connectivity index (χ3v) is 7.63. The highest BCUT2D eigenvalue weighted by Gasteiger charge is 2.36. The number of benzene rings is 2. The fraction of sp³-hybridized carbons (Fsp3) is 0.370. The van der Waals surface area contributed by atoms with Crippen molar-refractivity contribution in [1.82, 2.24) is 4.90 Å². The first-order valence-electron chi connectivity index (χ1n) is 11.6. The van der Waals surface area contributed by atoms with Crippen LogP contribution in [-0.2, 0) is 24.1 Å². The smallest absolute Gasteiger partial charge is 0.426 e. The van der Waals surface area contributed by atoms with Crippen molar-refractivity contribution in [2.45, 2.75) is 51.1 Å². The van der Waals surface area contributed by atoms with Crippen molar-refractivity contribution >= 4 is 17.3 Å². The fourth-order valence-corrected chi connectivity index (χ4v) is 5.57. The maximum atomic E-state index is 13.6. The molecule has 0 saturated heterocycles. The zero-order chi connectivity index (χ0) is 25.0. The molecular weight excluding hydrogens is 475 g/mol. The van der Waals surface area contributed by atoms with Gasteiger partial charge in [-0.05, 0) is 55.6 Å². The number of rotatable bonds is 8. The Morgan fingerprint density at radius 2 is 1.83 bits per heavy atom. The number of carboxylic acid groups (broad SMARTS) is 1. The Hall–Kier alpha value is -2.84. The van der Waals surface area contributed by atoms with Gasteiger partial charge in [0.1, 0.15) is 17.2 Å². The van der Waals surface area contributed by atoms with Crippen molar-refractivity contribution in [3.63, 3.8) is 0 Å². The number of ether oxygens (including phenoxy) is 1. The Morgan fingerprint density at radius 3 is 2.49 bits per heavy atom. The minimum absolute atomic E-state index is 0.0540. The van der Waals surface area contributed by atoms with Gasteiger partial charge in [-0.1, -0.05) is 48.9 Å². The normalized spacial score (nSPS) is 18.5. The van der Waals surface area contributed by atoms with Crippen LogP contribution in [0.5, 0.6) is 5.75 Å². The minimum atomic E-state index is -4.43. The molecule has 1 N–H and O–H groups in total. The van der Waals surface area contributed by atoms with Crippen LogP contribution in [0, 0.1) is 5.92 Å². The van der Waals surface area contributed by atoms with Crippen LogP contribution < -0.4 is 4.74 Å². The van der Waals surface area contributed by atoms with Crippen molar-refractivity contribution in [1.29, 1.82) is 0 Å². The third kappa shape index (κ3) is 6.44. The van der Waals surface area contributed by atoms with E-state index in [1.807, 2.05) is 31.3 Å². The molecule has 1 aliphatic rings. The van der Waals surface area contributed by atoms with E-state index in [-0.39, 0.29) is 24.1 Å². The Morgan fingerprint density at radius 1 is 1.11 bits per heavy atom. The Bertz CT molecular complexity index is 1130. The predicted molar refractivity (Wildman–Crippen MR) is 130 cm³/mol. The molecular formula is C27H28F3NO3S. The lowest BCUT2D eigenvalue weighted by atomic mass is 9.85. The van der Waals surface area contributed by atoms with E-state index in [9.17, 15) is 23.1 Å². The molecule has 1 saturated carbocycles. The van der Waals surface area contributed by atoms with E-state index in [4.69, 9.17) is 4.74 Å². The summed E-state index contributed by atoms with van der Waals surface area (Å²) in [6.07, 6.45) is -1.10. The van der Waals surface area contributed by atoms with Gasteiger partial charge in [0.05, 0.1) is 5.92 Å². The summed E-state index contributed by atoms with van der Waals surface area (Å²) in [5.74, 6) is -0.402. The summed E-state index contributed by atoms with van der Waals surface area (Å²) in [5.41, 5.74) is 1.77. The molecule has 186 valence electrons. The van der Waals surface area contributed by atoms with Gasteiger partial charge in [0, 0.05) is 23.0 Å². The van der Waals surface area contributed by atoms with Crippen LogP contribution in [-0.4, -0.2) is 29.1 Å². The summed E-state index contributed by atoms with van der Waals surface area (Å²) >= 11 is 0.712. The second kappa shape index (κ2) is 10.8. The average molecular weight is 504 g/mol. The first kappa shape index (κ1) is 25.3. The van der Waals surface area contributed by atoms with Gasteiger partial charge in [-0.2, -0.15) is 13.2 Å². The average Bonchev–Trinajstić information content (AvgIpc) is 3.29. The summed E-state index contributed by atoms with van der Waals surface area (Å²) in [6.45, 7) is 0.746. The van der Waals surface area contributed by atoms with Gasteiger partial charge in [0.25, 0.3) is 0 Å². The topological polar surface area (TPSA) is 49.8 Å². The summed E-state index contributed by atoms with van der Waals surface area (Å²) < 4.78 is 46.6. The molecule has 0 amide bonds. The number of carboxylic acids is 1. The standard InChI is InChI=1S/C27H28F3NO3S/c1-31(21-9-5-8-20(14-21)26(32)33)16-18-10-12-22(13-11-18)34-17-23-15-24(19-6-3-2-4-7-19)25(35-23)27(28,29)30/h2-4,6-7,10-13,15,20-21H,5,8-9,14,16-17H2,1H3,(H,32,33). The van der Waals surface area contributed by atoms with E-state index >= 15 is 0 Å². The number of hydrogen-bond donors (Lipinski definition) is 1. The van der Waals surface area contributed by atoms with Crippen LogP contribution in [0.4, 0.5) is 13.2 Å². The highest BCUT2D eigenvalue weighted by molar-refractivity contribution is 7.12. The van der Waals surface area contributed by atoms with Crippen molar-refractivity contribution < 1.29 is 27.8 Å². The van der Waals surface area contributed by atoms with Gasteiger partial charge in [0.15, 0.2) is 0 Å². The number of carbonyl (C=O) groups is 1. The third-order valence-electron chi connectivity index (χ3n) is 6.48. The molecule has 2 aromatic carbocycles. The molecule has 1 fully saturated rings. The van der Waals surface area contributed by atoms with Crippen LogP contribution in [0.25, 0.3) is 11.1 Å². The first-order valence-corrected chi connectivity index (χ1v) is 12.4. The van der Waals surface area contributed by atoms with Crippen molar-refractivity contribution in [2.75, 3.05) is 7.05 Å². The molecule has 2 unspecified atom stereocenters. The van der Waals surface area contributed by atoms with Gasteiger partial charge in [-0.15, -0.1) is 11.3 Å². The molecule has 2 atom stereocenters. The quantitative estimate of drug-likeness (QED) is 0.357. The Balaban J connectivity index is 1.37. The predicted octanol–water partition coefficient (Wildman–Crippen LogP) is 7.09. The largest absolute Gasteiger partial charge is 0.488 e. The number of halogens is 3. The number of alkyl halides is 3. The van der Waals surface area contributed by atoms with E-state index < -0.39 is 17.0 Å². The van der Waals surface area contributed by atoms with Gasteiger partial charge < -0.3 is 9.84 Å². The summed E-state index contributed by atoms with van der Waals surface area (Å²) in [7, 11) is 2.01. The molecule has 1 heterocycles. The lowest BCUT2D eigenvalue weighted by Gasteiger charge is -2.34. The molecule has 35 heavy (non-hydrogen) atoms. The van der Waals surface area contributed by atoms with Crippen molar-refractivity contribution in [3.8, 4) is 16.9 Å². The SMILES string of the molecule is CN(Cc1ccc(OCc2cc(-c3ccccc3)c(C(F)(F)F)s2)cc1)C1CCCC(C(=O)O)C1. The molecule has 4 nitrogen and oxygen atoms in total. The summed E-state index contributed by atoms with van der Waals surface area (Å²) in [6, 6.07) is 17.9. The number of nitrogens with zero attached hydrogens (tertiary/aromatic N) is 1. The zero-order valence-electron chi connectivity index (χ0n) is 19.4. The van der Waals surface area contributed by atoms with Gasteiger partial charge in [-0.3, -0.25) is 9.69 Å². The molecule has 0 spiro atoms. The second-order valence-electron chi connectivity index (χ2n) is 9.02. The van der Waals surface area contributed by atoms with Gasteiger partial charge in [-0.25, -0.2) is 0 Å². The molecule has 4 rings (SSSR count). The fourth-order valence-electron chi connectivity index (χ4n) is 4.61.